The van der Waals surface area contributed by atoms with Crippen molar-refractivity contribution >= 4 is 17.7 Å². The molecule has 1 saturated carbocycles. The Balaban J connectivity index is 2.07. The van der Waals surface area contributed by atoms with Gasteiger partial charge in [0.05, 0.1) is 0 Å². The van der Waals surface area contributed by atoms with Crippen LogP contribution in [0.4, 0.5) is 0 Å². The van der Waals surface area contributed by atoms with Crippen molar-refractivity contribution in [1.82, 2.24) is 9.97 Å². The van der Waals surface area contributed by atoms with E-state index in [1.165, 1.54) is 32.0 Å². The molecule has 1 aliphatic rings. The molecule has 0 radical (unpaired) electrons. The molecule has 1 aliphatic carbocycles. The highest BCUT2D eigenvalue weighted by atomic mass is 32.2. The van der Waals surface area contributed by atoms with Gasteiger partial charge in [-0.05, 0) is 12.8 Å². The van der Waals surface area contributed by atoms with Crippen LogP contribution in [-0.4, -0.2) is 26.3 Å². The molecule has 1 fully saturated rings. The number of aromatic carboxylic acids is 1. The molecule has 1 heterocycles. The minimum atomic E-state index is -0.995. The van der Waals surface area contributed by atoms with Crippen LogP contribution in [0.25, 0.3) is 0 Å². The first kappa shape index (κ1) is 10.4. The quantitative estimate of drug-likeness (QED) is 0.797. The Bertz CT molecular complexity index is 364. The molecule has 15 heavy (non-hydrogen) atoms. The zero-order chi connectivity index (χ0) is 10.7. The molecule has 5 heteroatoms. The largest absolute Gasteiger partial charge is 0.477 e. The van der Waals surface area contributed by atoms with Crippen LogP contribution in [-0.2, 0) is 0 Å². The van der Waals surface area contributed by atoms with Gasteiger partial charge in [-0.1, -0.05) is 12.8 Å². The van der Waals surface area contributed by atoms with Crippen LogP contribution < -0.4 is 0 Å². The first-order valence-corrected chi connectivity index (χ1v) is 5.85. The van der Waals surface area contributed by atoms with Gasteiger partial charge in [-0.2, -0.15) is 0 Å². The van der Waals surface area contributed by atoms with Crippen molar-refractivity contribution in [3.63, 3.8) is 0 Å². The Morgan fingerprint density at radius 2 is 2.13 bits per heavy atom. The van der Waals surface area contributed by atoms with E-state index in [9.17, 15) is 4.79 Å². The second kappa shape index (κ2) is 4.61. The average molecular weight is 224 g/mol. The van der Waals surface area contributed by atoms with Crippen LogP contribution in [0.1, 0.15) is 36.2 Å². The van der Waals surface area contributed by atoms with Crippen molar-refractivity contribution in [1.29, 1.82) is 0 Å². The summed E-state index contributed by atoms with van der Waals surface area (Å²) in [4.78, 5) is 18.5. The molecule has 0 amide bonds. The number of thioether (sulfide) groups is 1. The van der Waals surface area contributed by atoms with Crippen LogP contribution in [0.15, 0.2) is 17.4 Å². The summed E-state index contributed by atoms with van der Waals surface area (Å²) in [6.45, 7) is 0. The predicted molar refractivity (Wildman–Crippen MR) is 57.1 cm³/mol. The number of hydrogen-bond acceptors (Lipinski definition) is 4. The third-order valence-electron chi connectivity index (χ3n) is 2.45. The maximum Gasteiger partial charge on any atom is 0.354 e. The van der Waals surface area contributed by atoms with Crippen LogP contribution >= 0.6 is 11.8 Å². The highest BCUT2D eigenvalue weighted by Crippen LogP contribution is 2.33. The number of carboxylic acid groups (broad SMARTS) is 1. The minimum Gasteiger partial charge on any atom is -0.477 e. The smallest absolute Gasteiger partial charge is 0.354 e. The fraction of sp³-hybridized carbons (Fsp3) is 0.500. The number of carbonyl (C=O) groups is 1. The third kappa shape index (κ3) is 2.68. The van der Waals surface area contributed by atoms with Gasteiger partial charge in [0.25, 0.3) is 0 Å². The van der Waals surface area contributed by atoms with E-state index in [1.807, 2.05) is 0 Å². The molecule has 0 atom stereocenters. The highest BCUT2D eigenvalue weighted by molar-refractivity contribution is 7.99. The molecule has 1 aromatic heterocycles. The van der Waals surface area contributed by atoms with Gasteiger partial charge < -0.3 is 5.11 Å². The van der Waals surface area contributed by atoms with Crippen LogP contribution in [0.2, 0.25) is 0 Å². The van der Waals surface area contributed by atoms with Gasteiger partial charge in [-0.3, -0.25) is 0 Å². The van der Waals surface area contributed by atoms with E-state index < -0.39 is 5.97 Å². The van der Waals surface area contributed by atoms with Gasteiger partial charge in [0.2, 0.25) is 0 Å². The predicted octanol–water partition coefficient (Wildman–Crippen LogP) is 2.21. The summed E-state index contributed by atoms with van der Waals surface area (Å²) in [5.74, 6) is -0.995. The summed E-state index contributed by atoms with van der Waals surface area (Å²) in [6, 6.07) is 1.55. The lowest BCUT2D eigenvalue weighted by atomic mass is 10.4. The van der Waals surface area contributed by atoms with Gasteiger partial charge in [-0.25, -0.2) is 14.8 Å². The molecular weight excluding hydrogens is 212 g/mol. The summed E-state index contributed by atoms with van der Waals surface area (Å²) >= 11 is 1.67. The lowest BCUT2D eigenvalue weighted by molar-refractivity contribution is 0.0690. The molecule has 1 N–H and O–H groups in total. The molecule has 2 rings (SSSR count). The molecule has 0 aliphatic heterocycles. The van der Waals surface area contributed by atoms with Crippen molar-refractivity contribution in [3.05, 3.63) is 18.1 Å². The summed E-state index contributed by atoms with van der Waals surface area (Å²) in [5, 5.41) is 10.1. The van der Waals surface area contributed by atoms with E-state index in [-0.39, 0.29) is 5.69 Å². The molecule has 1 aromatic rings. The van der Waals surface area contributed by atoms with E-state index in [0.717, 1.165) is 5.03 Å². The van der Waals surface area contributed by atoms with Crippen molar-refractivity contribution < 1.29 is 9.90 Å². The van der Waals surface area contributed by atoms with Crippen molar-refractivity contribution in [2.24, 2.45) is 0 Å². The summed E-state index contributed by atoms with van der Waals surface area (Å²) in [7, 11) is 0. The zero-order valence-corrected chi connectivity index (χ0v) is 9.04. The molecular formula is C10H12N2O2S. The SMILES string of the molecule is O=C(O)c1cc(SC2CCCC2)ncn1. The van der Waals surface area contributed by atoms with E-state index in [0.29, 0.717) is 5.25 Å². The number of rotatable bonds is 3. The van der Waals surface area contributed by atoms with Crippen molar-refractivity contribution in [2.45, 2.75) is 36.0 Å². The molecule has 0 spiro atoms. The summed E-state index contributed by atoms with van der Waals surface area (Å²) in [6.07, 6.45) is 6.28. The van der Waals surface area contributed by atoms with E-state index in [4.69, 9.17) is 5.11 Å². The number of hydrogen-bond donors (Lipinski definition) is 1. The Kier molecular flexibility index (Phi) is 3.20. The van der Waals surface area contributed by atoms with Crippen molar-refractivity contribution in [3.8, 4) is 0 Å². The van der Waals surface area contributed by atoms with E-state index in [1.54, 1.807) is 17.8 Å². The second-order valence-electron chi connectivity index (χ2n) is 3.57. The number of carboxylic acids is 1. The van der Waals surface area contributed by atoms with Crippen LogP contribution in [0.5, 0.6) is 0 Å². The van der Waals surface area contributed by atoms with Gasteiger partial charge in [-0.15, -0.1) is 11.8 Å². The first-order valence-electron chi connectivity index (χ1n) is 4.98. The third-order valence-corrected chi connectivity index (χ3v) is 3.72. The highest BCUT2D eigenvalue weighted by Gasteiger charge is 2.17. The van der Waals surface area contributed by atoms with Gasteiger partial charge in [0.1, 0.15) is 11.4 Å². The molecule has 0 aromatic carbocycles. The van der Waals surface area contributed by atoms with Crippen molar-refractivity contribution in [2.75, 3.05) is 0 Å². The topological polar surface area (TPSA) is 63.1 Å². The molecule has 0 unspecified atom stereocenters. The van der Waals surface area contributed by atoms with E-state index in [2.05, 4.69) is 9.97 Å². The zero-order valence-electron chi connectivity index (χ0n) is 8.22. The fourth-order valence-corrected chi connectivity index (χ4v) is 2.90. The molecule has 0 saturated heterocycles. The lowest BCUT2D eigenvalue weighted by Gasteiger charge is -2.07. The van der Waals surface area contributed by atoms with Crippen LogP contribution in [0, 0.1) is 0 Å². The first-order chi connectivity index (χ1) is 7.25. The average Bonchev–Trinajstić information content (AvgIpc) is 2.71. The summed E-state index contributed by atoms with van der Waals surface area (Å²) < 4.78 is 0. The lowest BCUT2D eigenvalue weighted by Crippen LogP contribution is -2.02. The van der Waals surface area contributed by atoms with Gasteiger partial charge in [0, 0.05) is 11.3 Å². The maximum absolute atomic E-state index is 10.7. The monoisotopic (exact) mass is 224 g/mol. The van der Waals surface area contributed by atoms with Crippen LogP contribution in [0.3, 0.4) is 0 Å². The summed E-state index contributed by atoms with van der Waals surface area (Å²) in [5.41, 5.74) is 0.0745. The van der Waals surface area contributed by atoms with E-state index >= 15 is 0 Å². The van der Waals surface area contributed by atoms with Gasteiger partial charge >= 0.3 is 5.97 Å². The molecule has 0 bridgehead atoms. The Labute approximate surface area is 92.1 Å². The fourth-order valence-electron chi connectivity index (χ4n) is 1.70. The Morgan fingerprint density at radius 1 is 1.40 bits per heavy atom. The number of nitrogens with zero attached hydrogens (tertiary/aromatic N) is 2. The normalized spacial score (nSPS) is 16.8. The maximum atomic E-state index is 10.7. The Morgan fingerprint density at radius 3 is 2.80 bits per heavy atom. The minimum absolute atomic E-state index is 0.0745. The second-order valence-corrected chi connectivity index (χ2v) is 4.89. The molecule has 80 valence electrons. The number of aromatic nitrogens is 2. The standard InChI is InChI=1S/C10H12N2O2S/c13-10(14)8-5-9(12-6-11-8)15-7-3-1-2-4-7/h5-7H,1-4H2,(H,13,14). The Hall–Kier alpha value is -1.10. The molecule has 4 nitrogen and oxygen atoms in total. The van der Waals surface area contributed by atoms with Gasteiger partial charge in [0.15, 0.2) is 5.69 Å².